The van der Waals surface area contributed by atoms with Crippen LogP contribution in [0.3, 0.4) is 0 Å². The van der Waals surface area contributed by atoms with Gasteiger partial charge in [-0.3, -0.25) is 4.79 Å². The lowest BCUT2D eigenvalue weighted by atomic mass is 10.1. The van der Waals surface area contributed by atoms with Crippen molar-refractivity contribution >= 4 is 33.6 Å². The summed E-state index contributed by atoms with van der Waals surface area (Å²) in [6.45, 7) is 2.03. The van der Waals surface area contributed by atoms with E-state index in [1.807, 2.05) is 53.8 Å². The molecule has 0 bridgehead atoms. The third-order valence-electron chi connectivity index (χ3n) is 3.36. The lowest BCUT2D eigenvalue weighted by molar-refractivity contribution is 0.415. The van der Waals surface area contributed by atoms with Crippen LogP contribution in [0.15, 0.2) is 51.7 Å². The molecule has 0 saturated heterocycles. The van der Waals surface area contributed by atoms with Crippen molar-refractivity contribution in [3.8, 4) is 17.1 Å². The molecule has 0 saturated carbocycles. The molecule has 2 aromatic carbocycles. The molecule has 106 valence electrons. The number of fused-ring (bicyclic) bond motifs is 1. The lowest BCUT2D eigenvalue weighted by Gasteiger charge is -2.07. The van der Waals surface area contributed by atoms with E-state index in [-0.39, 0.29) is 5.43 Å². The number of rotatable bonds is 2. The average Bonchev–Trinajstić information content (AvgIpc) is 2.51. The van der Waals surface area contributed by atoms with Crippen LogP contribution in [0.5, 0.6) is 5.75 Å². The van der Waals surface area contributed by atoms with Gasteiger partial charge in [0.25, 0.3) is 0 Å². The van der Waals surface area contributed by atoms with Gasteiger partial charge < -0.3 is 9.15 Å². The van der Waals surface area contributed by atoms with Gasteiger partial charge in [0.05, 0.1) is 12.5 Å². The molecule has 3 nitrogen and oxygen atoms in total. The second kappa shape index (κ2) is 5.52. The maximum atomic E-state index is 12.5. The number of methoxy groups -OCH3 is 1. The summed E-state index contributed by atoms with van der Waals surface area (Å²) in [5.74, 6) is 1.26. The fourth-order valence-corrected chi connectivity index (χ4v) is 2.88. The van der Waals surface area contributed by atoms with Crippen LogP contribution in [-0.4, -0.2) is 7.11 Å². The molecule has 1 heterocycles. The molecule has 3 aromatic rings. The maximum absolute atomic E-state index is 12.5. The molecule has 3 rings (SSSR count). The lowest BCUT2D eigenvalue weighted by Crippen LogP contribution is -2.07. The summed E-state index contributed by atoms with van der Waals surface area (Å²) in [5, 5.41) is 0.537. The largest absolute Gasteiger partial charge is 0.497 e. The number of aryl methyl sites for hydroxylation is 1. The van der Waals surface area contributed by atoms with Crippen molar-refractivity contribution < 1.29 is 9.15 Å². The van der Waals surface area contributed by atoms with Gasteiger partial charge in [0.1, 0.15) is 14.9 Å². The Hall–Kier alpha value is -1.82. The molecule has 0 amide bonds. The molecular formula is C17H13IO3. The molecule has 0 atom stereocenters. The fraction of sp³-hybridized carbons (Fsp3) is 0.118. The topological polar surface area (TPSA) is 39.4 Å². The highest BCUT2D eigenvalue weighted by Crippen LogP contribution is 2.28. The second-order valence-electron chi connectivity index (χ2n) is 4.80. The first kappa shape index (κ1) is 14.1. The highest BCUT2D eigenvalue weighted by Gasteiger charge is 2.14. The van der Waals surface area contributed by atoms with Crippen molar-refractivity contribution in [1.29, 1.82) is 0 Å². The van der Waals surface area contributed by atoms with Crippen LogP contribution in [0, 0.1) is 10.5 Å². The molecule has 0 N–H and O–H groups in total. The van der Waals surface area contributed by atoms with Crippen molar-refractivity contribution in [2.24, 2.45) is 0 Å². The van der Waals surface area contributed by atoms with E-state index >= 15 is 0 Å². The van der Waals surface area contributed by atoms with Crippen LogP contribution >= 0.6 is 22.6 Å². The minimum Gasteiger partial charge on any atom is -0.497 e. The Morgan fingerprint density at radius 1 is 1.10 bits per heavy atom. The van der Waals surface area contributed by atoms with Gasteiger partial charge in [0, 0.05) is 5.56 Å². The Morgan fingerprint density at radius 2 is 1.81 bits per heavy atom. The van der Waals surface area contributed by atoms with Gasteiger partial charge >= 0.3 is 0 Å². The van der Waals surface area contributed by atoms with Gasteiger partial charge in [-0.2, -0.15) is 0 Å². The summed E-state index contributed by atoms with van der Waals surface area (Å²) in [7, 11) is 1.58. The number of hydrogen-bond acceptors (Lipinski definition) is 3. The van der Waals surface area contributed by atoms with Crippen LogP contribution in [-0.2, 0) is 0 Å². The quantitative estimate of drug-likeness (QED) is 0.608. The van der Waals surface area contributed by atoms with Crippen molar-refractivity contribution in [2.45, 2.75) is 6.92 Å². The molecule has 0 unspecified atom stereocenters. The molecule has 0 radical (unpaired) electrons. The molecule has 0 spiro atoms. The molecule has 0 aliphatic heterocycles. The van der Waals surface area contributed by atoms with E-state index < -0.39 is 0 Å². The first-order chi connectivity index (χ1) is 10.1. The minimum atomic E-state index is -0.0358. The smallest absolute Gasteiger partial charge is 0.206 e. The van der Waals surface area contributed by atoms with Gasteiger partial charge in [-0.1, -0.05) is 29.8 Å². The van der Waals surface area contributed by atoms with E-state index in [4.69, 9.17) is 9.15 Å². The maximum Gasteiger partial charge on any atom is 0.206 e. The summed E-state index contributed by atoms with van der Waals surface area (Å²) in [5.41, 5.74) is 2.60. The van der Waals surface area contributed by atoms with Gasteiger partial charge in [0.2, 0.25) is 5.43 Å². The number of ether oxygens (including phenoxy) is 1. The van der Waals surface area contributed by atoms with Crippen LogP contribution in [0.4, 0.5) is 0 Å². The monoisotopic (exact) mass is 392 g/mol. The van der Waals surface area contributed by atoms with E-state index in [1.165, 1.54) is 5.56 Å². The van der Waals surface area contributed by atoms with Crippen LogP contribution in [0.2, 0.25) is 0 Å². The standard InChI is InChI=1S/C17H13IO3/c1-10-3-5-11(6-4-10)17-15(18)16(19)13-9-12(20-2)7-8-14(13)21-17/h3-9H,1-2H3. The first-order valence-electron chi connectivity index (χ1n) is 6.47. The Balaban J connectivity index is 2.28. The zero-order chi connectivity index (χ0) is 15.0. The number of halogens is 1. The fourth-order valence-electron chi connectivity index (χ4n) is 2.17. The van der Waals surface area contributed by atoms with Gasteiger partial charge in [0.15, 0.2) is 5.76 Å². The van der Waals surface area contributed by atoms with E-state index in [9.17, 15) is 4.79 Å². The highest BCUT2D eigenvalue weighted by molar-refractivity contribution is 14.1. The molecule has 0 fully saturated rings. The molecule has 21 heavy (non-hydrogen) atoms. The summed E-state index contributed by atoms with van der Waals surface area (Å²) >= 11 is 2.04. The second-order valence-corrected chi connectivity index (χ2v) is 5.88. The molecule has 0 aliphatic rings. The Bertz CT molecular complexity index is 864. The average molecular weight is 392 g/mol. The van der Waals surface area contributed by atoms with Crippen LogP contribution in [0.1, 0.15) is 5.56 Å². The van der Waals surface area contributed by atoms with E-state index in [0.717, 1.165) is 5.56 Å². The van der Waals surface area contributed by atoms with Gasteiger partial charge in [-0.15, -0.1) is 0 Å². The zero-order valence-electron chi connectivity index (χ0n) is 11.6. The van der Waals surface area contributed by atoms with Crippen LogP contribution < -0.4 is 10.2 Å². The number of benzene rings is 2. The van der Waals surface area contributed by atoms with Crippen molar-refractivity contribution in [3.05, 3.63) is 61.8 Å². The summed E-state index contributed by atoms with van der Waals surface area (Å²) < 4.78 is 11.7. The highest BCUT2D eigenvalue weighted by atomic mass is 127. The Kier molecular flexibility index (Phi) is 3.71. The van der Waals surface area contributed by atoms with E-state index in [1.54, 1.807) is 25.3 Å². The molecule has 1 aromatic heterocycles. The normalized spacial score (nSPS) is 10.8. The van der Waals surface area contributed by atoms with Gasteiger partial charge in [-0.25, -0.2) is 0 Å². The van der Waals surface area contributed by atoms with Crippen molar-refractivity contribution in [3.63, 3.8) is 0 Å². The minimum absolute atomic E-state index is 0.0358. The summed E-state index contributed by atoms with van der Waals surface area (Å²) in [4.78, 5) is 12.5. The van der Waals surface area contributed by atoms with Gasteiger partial charge in [-0.05, 0) is 47.7 Å². The summed E-state index contributed by atoms with van der Waals surface area (Å²) in [6, 6.07) is 13.2. The Labute approximate surface area is 135 Å². The number of hydrogen-bond donors (Lipinski definition) is 0. The predicted octanol–water partition coefficient (Wildman–Crippen LogP) is 4.38. The Morgan fingerprint density at radius 3 is 2.48 bits per heavy atom. The van der Waals surface area contributed by atoms with Crippen molar-refractivity contribution in [1.82, 2.24) is 0 Å². The third kappa shape index (κ3) is 2.55. The molecular weight excluding hydrogens is 379 g/mol. The van der Waals surface area contributed by atoms with E-state index in [2.05, 4.69) is 0 Å². The molecule has 0 aliphatic carbocycles. The SMILES string of the molecule is COc1ccc2oc(-c3ccc(C)cc3)c(I)c(=O)c2c1. The predicted molar refractivity (Wildman–Crippen MR) is 91.9 cm³/mol. The van der Waals surface area contributed by atoms with E-state index in [0.29, 0.717) is 26.0 Å². The third-order valence-corrected chi connectivity index (χ3v) is 4.34. The first-order valence-corrected chi connectivity index (χ1v) is 7.55. The van der Waals surface area contributed by atoms with Crippen LogP contribution in [0.25, 0.3) is 22.3 Å². The van der Waals surface area contributed by atoms with Crippen molar-refractivity contribution in [2.75, 3.05) is 7.11 Å². The zero-order valence-corrected chi connectivity index (χ0v) is 13.8. The summed E-state index contributed by atoms with van der Waals surface area (Å²) in [6.07, 6.45) is 0. The molecule has 4 heteroatoms.